The van der Waals surface area contributed by atoms with Crippen LogP contribution in [0.2, 0.25) is 0 Å². The molecular weight excluding hydrogens is 585 g/mol. The Hall–Kier alpha value is -4.90. The lowest BCUT2D eigenvalue weighted by Crippen LogP contribution is -2.14. The maximum absolute atomic E-state index is 5.40. The van der Waals surface area contributed by atoms with Gasteiger partial charge in [-0.05, 0) is 47.0 Å². The van der Waals surface area contributed by atoms with E-state index in [1.165, 1.54) is 62.6 Å². The highest BCUT2D eigenvalue weighted by molar-refractivity contribution is 7.26. The minimum Gasteiger partial charge on any atom is -0.227 e. The second kappa shape index (κ2) is 9.07. The van der Waals surface area contributed by atoms with Gasteiger partial charge in [-0.1, -0.05) is 105 Å². The summed E-state index contributed by atoms with van der Waals surface area (Å²) in [5.74, 6) is 0.765. The lowest BCUT2D eigenvalue weighted by molar-refractivity contribution is 0.661. The molecule has 0 saturated heterocycles. The molecule has 9 aromatic rings. The highest BCUT2D eigenvalue weighted by atomic mass is 32.1. The standard InChI is InChI=1S/C41H26N2S2/c1-41(2)30-19-16-24(22-29(30)35-31(41)20-17-26-25-12-6-8-14-32(25)45-39(26)35)40-42-37(23-10-4-3-5-11-23)28-18-21-34-36(38(28)43-40)27-13-7-9-15-33(27)44-34/h3-22H,1-2H3. The molecule has 0 bridgehead atoms. The van der Waals surface area contributed by atoms with Gasteiger partial charge >= 0.3 is 0 Å². The molecule has 0 aliphatic heterocycles. The number of hydrogen-bond donors (Lipinski definition) is 0. The number of benzene rings is 6. The van der Waals surface area contributed by atoms with Gasteiger partial charge in [0, 0.05) is 67.8 Å². The Labute approximate surface area is 268 Å². The van der Waals surface area contributed by atoms with Crippen LogP contribution >= 0.6 is 22.7 Å². The van der Waals surface area contributed by atoms with E-state index in [9.17, 15) is 0 Å². The largest absolute Gasteiger partial charge is 0.227 e. The summed E-state index contributed by atoms with van der Waals surface area (Å²) in [7, 11) is 0. The van der Waals surface area contributed by atoms with E-state index < -0.39 is 0 Å². The van der Waals surface area contributed by atoms with E-state index in [0.29, 0.717) is 0 Å². The summed E-state index contributed by atoms with van der Waals surface area (Å²) >= 11 is 3.74. The highest BCUT2D eigenvalue weighted by Crippen LogP contribution is 2.54. The summed E-state index contributed by atoms with van der Waals surface area (Å²) < 4.78 is 5.24. The summed E-state index contributed by atoms with van der Waals surface area (Å²) in [6.07, 6.45) is 0. The zero-order chi connectivity index (χ0) is 29.9. The van der Waals surface area contributed by atoms with Crippen molar-refractivity contribution in [3.8, 4) is 33.8 Å². The molecule has 4 heteroatoms. The van der Waals surface area contributed by atoms with Crippen LogP contribution in [0.1, 0.15) is 25.0 Å². The Morgan fingerprint density at radius 2 is 1.24 bits per heavy atom. The molecule has 3 aromatic heterocycles. The van der Waals surface area contributed by atoms with Crippen molar-refractivity contribution in [2.24, 2.45) is 0 Å². The molecule has 2 nitrogen and oxygen atoms in total. The molecular formula is C41H26N2S2. The van der Waals surface area contributed by atoms with Crippen LogP contribution < -0.4 is 0 Å². The summed E-state index contributed by atoms with van der Waals surface area (Å²) in [6, 6.07) is 44.0. The number of aromatic nitrogens is 2. The number of thiophene rings is 2. The lowest BCUT2D eigenvalue weighted by Gasteiger charge is -2.21. The van der Waals surface area contributed by atoms with E-state index in [0.717, 1.165) is 33.5 Å². The van der Waals surface area contributed by atoms with Crippen LogP contribution in [0.5, 0.6) is 0 Å². The van der Waals surface area contributed by atoms with Gasteiger partial charge in [0.25, 0.3) is 0 Å². The van der Waals surface area contributed by atoms with Gasteiger partial charge in [-0.2, -0.15) is 0 Å². The average molecular weight is 611 g/mol. The Kier molecular flexibility index (Phi) is 5.13. The van der Waals surface area contributed by atoms with Crippen molar-refractivity contribution < 1.29 is 0 Å². The third kappa shape index (κ3) is 3.49. The van der Waals surface area contributed by atoms with Crippen LogP contribution in [-0.4, -0.2) is 9.97 Å². The van der Waals surface area contributed by atoms with Gasteiger partial charge < -0.3 is 0 Å². The molecule has 0 fully saturated rings. The summed E-state index contributed by atoms with van der Waals surface area (Å²) in [6.45, 7) is 4.71. The van der Waals surface area contributed by atoms with E-state index in [1.54, 1.807) is 0 Å². The topological polar surface area (TPSA) is 25.8 Å². The third-order valence-electron chi connectivity index (χ3n) is 9.69. The summed E-state index contributed by atoms with van der Waals surface area (Å²) in [4.78, 5) is 10.7. The van der Waals surface area contributed by atoms with Gasteiger partial charge in [-0.25, -0.2) is 9.97 Å². The van der Waals surface area contributed by atoms with Crippen LogP contribution in [-0.2, 0) is 5.41 Å². The van der Waals surface area contributed by atoms with Crippen LogP contribution in [0.25, 0.3) is 85.0 Å². The Balaban J connectivity index is 1.28. The van der Waals surface area contributed by atoms with Gasteiger partial charge in [0.15, 0.2) is 5.82 Å². The Morgan fingerprint density at radius 3 is 2.09 bits per heavy atom. The number of rotatable bonds is 2. The SMILES string of the molecule is CC1(C)c2ccc(-c3nc(-c4ccccc4)c4ccc5sc6ccccc6c5c4n3)cc2-c2c1ccc1c2sc2ccccc21. The van der Waals surface area contributed by atoms with Gasteiger partial charge in [-0.3, -0.25) is 0 Å². The molecule has 45 heavy (non-hydrogen) atoms. The Bertz CT molecular complexity index is 2680. The Morgan fingerprint density at radius 1 is 0.533 bits per heavy atom. The fraction of sp³-hybridized carbons (Fsp3) is 0.0732. The number of hydrogen-bond acceptors (Lipinski definition) is 4. The van der Waals surface area contributed by atoms with Crippen molar-refractivity contribution in [1.82, 2.24) is 9.97 Å². The van der Waals surface area contributed by atoms with Crippen molar-refractivity contribution in [2.45, 2.75) is 19.3 Å². The zero-order valence-corrected chi connectivity index (χ0v) is 26.4. The maximum Gasteiger partial charge on any atom is 0.160 e. The fourth-order valence-corrected chi connectivity index (χ4v) is 9.88. The molecule has 0 unspecified atom stereocenters. The van der Waals surface area contributed by atoms with Crippen LogP contribution in [0, 0.1) is 0 Å². The van der Waals surface area contributed by atoms with Gasteiger partial charge in [0.05, 0.1) is 11.2 Å². The molecule has 1 aliphatic carbocycles. The second-order valence-electron chi connectivity index (χ2n) is 12.5. The first-order valence-electron chi connectivity index (χ1n) is 15.3. The van der Waals surface area contributed by atoms with Gasteiger partial charge in [0.1, 0.15) is 0 Å². The van der Waals surface area contributed by atoms with E-state index >= 15 is 0 Å². The average Bonchev–Trinajstić information content (AvgIpc) is 3.72. The monoisotopic (exact) mass is 610 g/mol. The minimum atomic E-state index is -0.0885. The zero-order valence-electron chi connectivity index (χ0n) is 24.8. The quantitative estimate of drug-likeness (QED) is 0.195. The molecule has 0 spiro atoms. The molecule has 0 saturated carbocycles. The predicted octanol–water partition coefficient (Wildman–Crippen LogP) is 12.0. The van der Waals surface area contributed by atoms with E-state index in [2.05, 4.69) is 135 Å². The van der Waals surface area contributed by atoms with Crippen LogP contribution in [0.4, 0.5) is 0 Å². The molecule has 6 aromatic carbocycles. The van der Waals surface area contributed by atoms with Crippen molar-refractivity contribution in [2.75, 3.05) is 0 Å². The molecule has 10 rings (SSSR count). The highest BCUT2D eigenvalue weighted by Gasteiger charge is 2.37. The predicted molar refractivity (Wildman–Crippen MR) is 194 cm³/mol. The molecule has 3 heterocycles. The molecule has 0 N–H and O–H groups in total. The van der Waals surface area contributed by atoms with Crippen molar-refractivity contribution in [3.63, 3.8) is 0 Å². The molecule has 1 aliphatic rings. The molecule has 0 radical (unpaired) electrons. The van der Waals surface area contributed by atoms with Crippen LogP contribution in [0.15, 0.2) is 121 Å². The first-order chi connectivity index (χ1) is 22.1. The number of fused-ring (bicyclic) bond motifs is 12. The first kappa shape index (κ1) is 25.4. The van der Waals surface area contributed by atoms with Gasteiger partial charge in [0.2, 0.25) is 0 Å². The van der Waals surface area contributed by atoms with Crippen molar-refractivity contribution in [3.05, 3.63) is 132 Å². The van der Waals surface area contributed by atoms with Gasteiger partial charge in [-0.15, -0.1) is 22.7 Å². The smallest absolute Gasteiger partial charge is 0.160 e. The summed E-state index contributed by atoms with van der Waals surface area (Å²) in [5.41, 5.74) is 9.47. The second-order valence-corrected chi connectivity index (χ2v) is 14.7. The molecule has 0 atom stereocenters. The van der Waals surface area contributed by atoms with Crippen molar-refractivity contribution in [1.29, 1.82) is 0 Å². The summed E-state index contributed by atoms with van der Waals surface area (Å²) in [5, 5.41) is 6.22. The molecule has 0 amide bonds. The van der Waals surface area contributed by atoms with E-state index in [-0.39, 0.29) is 5.41 Å². The molecule has 212 valence electrons. The van der Waals surface area contributed by atoms with Crippen molar-refractivity contribution >= 4 is 73.9 Å². The third-order valence-corrected chi connectivity index (χ3v) is 12.0. The van der Waals surface area contributed by atoms with E-state index in [4.69, 9.17) is 9.97 Å². The number of nitrogens with zero attached hydrogens (tertiary/aromatic N) is 2. The van der Waals surface area contributed by atoms with Crippen LogP contribution in [0.3, 0.4) is 0 Å². The van der Waals surface area contributed by atoms with E-state index in [1.807, 2.05) is 22.7 Å². The normalized spacial score (nSPS) is 13.7. The maximum atomic E-state index is 5.40. The first-order valence-corrected chi connectivity index (χ1v) is 17.0. The minimum absolute atomic E-state index is 0.0885. The fourth-order valence-electron chi connectivity index (χ4n) is 7.51. The lowest BCUT2D eigenvalue weighted by atomic mass is 9.82.